The van der Waals surface area contributed by atoms with Crippen molar-refractivity contribution >= 4 is 11.8 Å². The van der Waals surface area contributed by atoms with E-state index < -0.39 is 17.8 Å². The van der Waals surface area contributed by atoms with Crippen molar-refractivity contribution in [2.24, 2.45) is 0 Å². The second-order valence-corrected chi connectivity index (χ2v) is 6.87. The number of carbonyl (C=O) groups is 1. The Labute approximate surface area is 131 Å². The molecule has 22 heavy (non-hydrogen) atoms. The average molecular weight is 307 g/mol. The van der Waals surface area contributed by atoms with E-state index in [9.17, 15) is 9.90 Å². The number of nitrogens with one attached hydrogen (secondary N) is 1. The molecule has 5 nitrogen and oxygen atoms in total. The second-order valence-electron chi connectivity index (χ2n) is 6.87. The molecule has 2 N–H and O–H groups in total. The number of benzene rings is 1. The molecule has 0 bridgehead atoms. The minimum atomic E-state index is -0.545. The molecule has 0 saturated heterocycles. The molecule has 0 aromatic heterocycles. The Balaban J connectivity index is 2.23. The number of amides is 1. The Morgan fingerprint density at radius 2 is 2.00 bits per heavy atom. The van der Waals surface area contributed by atoms with Crippen molar-refractivity contribution in [3.05, 3.63) is 23.8 Å². The number of hydrogen-bond donors (Lipinski definition) is 2. The van der Waals surface area contributed by atoms with Crippen LogP contribution in [0.25, 0.3) is 0 Å². The van der Waals surface area contributed by atoms with Gasteiger partial charge in [0.05, 0.1) is 13.2 Å². The molecule has 1 aliphatic carbocycles. The summed E-state index contributed by atoms with van der Waals surface area (Å²) in [5.74, 6) is 0.730. The van der Waals surface area contributed by atoms with E-state index >= 15 is 0 Å². The first-order valence-electron chi connectivity index (χ1n) is 7.54. The quantitative estimate of drug-likeness (QED) is 0.894. The molecule has 0 spiro atoms. The molecular formula is C17H25NO4. The van der Waals surface area contributed by atoms with Crippen LogP contribution in [0.5, 0.6) is 5.75 Å². The number of anilines is 1. The van der Waals surface area contributed by atoms with Gasteiger partial charge in [0.2, 0.25) is 0 Å². The van der Waals surface area contributed by atoms with Crippen molar-refractivity contribution < 1.29 is 19.4 Å². The highest BCUT2D eigenvalue weighted by molar-refractivity contribution is 5.85. The van der Waals surface area contributed by atoms with Crippen LogP contribution in [-0.2, 0) is 10.2 Å². The maximum absolute atomic E-state index is 11.9. The van der Waals surface area contributed by atoms with Crippen LogP contribution >= 0.6 is 0 Å². The SMILES string of the molecule is COc1ccc(NC(=O)OC(C)(C)C)cc1C1(C(C)O)CC1. The average Bonchev–Trinajstić information content (AvgIpc) is 3.17. The fraction of sp³-hybridized carbons (Fsp3) is 0.588. The molecular weight excluding hydrogens is 282 g/mol. The molecule has 0 radical (unpaired) electrons. The third-order valence-corrected chi connectivity index (χ3v) is 3.97. The summed E-state index contributed by atoms with van der Waals surface area (Å²) in [6.45, 7) is 7.25. The molecule has 5 heteroatoms. The third kappa shape index (κ3) is 3.53. The molecule has 122 valence electrons. The topological polar surface area (TPSA) is 67.8 Å². The lowest BCUT2D eigenvalue weighted by Crippen LogP contribution is -2.27. The van der Waals surface area contributed by atoms with E-state index in [1.54, 1.807) is 20.1 Å². The summed E-state index contributed by atoms with van der Waals surface area (Å²) in [6.07, 6.45) is 0.872. The highest BCUT2D eigenvalue weighted by atomic mass is 16.6. The zero-order valence-corrected chi connectivity index (χ0v) is 13.9. The smallest absolute Gasteiger partial charge is 0.412 e. The van der Waals surface area contributed by atoms with Crippen LogP contribution < -0.4 is 10.1 Å². The van der Waals surface area contributed by atoms with Crippen LogP contribution in [0.3, 0.4) is 0 Å². The van der Waals surface area contributed by atoms with E-state index in [-0.39, 0.29) is 5.41 Å². The largest absolute Gasteiger partial charge is 0.496 e. The zero-order chi connectivity index (χ0) is 16.5. The Kier molecular flexibility index (Phi) is 4.38. The highest BCUT2D eigenvalue weighted by Gasteiger charge is 2.50. The van der Waals surface area contributed by atoms with Crippen molar-refractivity contribution in [3.63, 3.8) is 0 Å². The van der Waals surface area contributed by atoms with Gasteiger partial charge >= 0.3 is 6.09 Å². The van der Waals surface area contributed by atoms with Gasteiger partial charge in [0, 0.05) is 16.7 Å². The standard InChI is InChI=1S/C17H25NO4/c1-11(19)17(8-9-17)13-10-12(6-7-14(13)21-5)18-15(20)22-16(2,3)4/h6-7,10-11,19H,8-9H2,1-5H3,(H,18,20). The predicted octanol–water partition coefficient (Wildman–Crippen LogP) is 3.45. The van der Waals surface area contributed by atoms with Crippen molar-refractivity contribution in [2.45, 2.75) is 57.7 Å². The van der Waals surface area contributed by atoms with Gasteiger partial charge in [0.25, 0.3) is 0 Å². The maximum atomic E-state index is 11.9. The number of rotatable bonds is 4. The lowest BCUT2D eigenvalue weighted by Gasteiger charge is -2.23. The minimum Gasteiger partial charge on any atom is -0.496 e. The van der Waals surface area contributed by atoms with Gasteiger partial charge < -0.3 is 14.6 Å². The summed E-state index contributed by atoms with van der Waals surface area (Å²) in [4.78, 5) is 11.9. The fourth-order valence-corrected chi connectivity index (χ4v) is 2.64. The summed E-state index contributed by atoms with van der Waals surface area (Å²) in [7, 11) is 1.61. The normalized spacial score (nSPS) is 17.5. The van der Waals surface area contributed by atoms with E-state index in [0.717, 1.165) is 24.2 Å². The third-order valence-electron chi connectivity index (χ3n) is 3.97. The van der Waals surface area contributed by atoms with Gasteiger partial charge in [-0.3, -0.25) is 5.32 Å². The lowest BCUT2D eigenvalue weighted by molar-refractivity contribution is 0.0636. The number of aliphatic hydroxyl groups excluding tert-OH is 1. The predicted molar refractivity (Wildman–Crippen MR) is 85.4 cm³/mol. The van der Waals surface area contributed by atoms with Crippen molar-refractivity contribution in [1.82, 2.24) is 0 Å². The molecule has 1 aliphatic rings. The molecule has 1 aromatic rings. The van der Waals surface area contributed by atoms with E-state index in [1.165, 1.54) is 0 Å². The summed E-state index contributed by atoms with van der Waals surface area (Å²) >= 11 is 0. The van der Waals surface area contributed by atoms with Crippen LogP contribution in [-0.4, -0.2) is 30.0 Å². The molecule has 1 atom stereocenters. The highest BCUT2D eigenvalue weighted by Crippen LogP contribution is 2.54. The van der Waals surface area contributed by atoms with E-state index in [2.05, 4.69) is 5.32 Å². The number of ether oxygens (including phenoxy) is 2. The van der Waals surface area contributed by atoms with Gasteiger partial charge in [-0.15, -0.1) is 0 Å². The van der Waals surface area contributed by atoms with Crippen LogP contribution in [0.15, 0.2) is 18.2 Å². The first-order chi connectivity index (χ1) is 10.2. The molecule has 1 amide bonds. The van der Waals surface area contributed by atoms with Crippen molar-refractivity contribution in [1.29, 1.82) is 0 Å². The molecule has 2 rings (SSSR count). The first-order valence-corrected chi connectivity index (χ1v) is 7.54. The molecule has 0 aliphatic heterocycles. The monoisotopic (exact) mass is 307 g/mol. The van der Waals surface area contributed by atoms with Crippen molar-refractivity contribution in [2.75, 3.05) is 12.4 Å². The molecule has 1 saturated carbocycles. The van der Waals surface area contributed by atoms with E-state index in [1.807, 2.05) is 32.9 Å². The van der Waals surface area contributed by atoms with Gasteiger partial charge in [-0.25, -0.2) is 4.79 Å². The summed E-state index contributed by atoms with van der Waals surface area (Å²) < 4.78 is 10.7. The van der Waals surface area contributed by atoms with Gasteiger partial charge in [-0.2, -0.15) is 0 Å². The first kappa shape index (κ1) is 16.6. The Morgan fingerprint density at radius 3 is 2.45 bits per heavy atom. The van der Waals surface area contributed by atoms with Crippen LogP contribution in [0, 0.1) is 0 Å². The summed E-state index contributed by atoms with van der Waals surface area (Å²) in [5.41, 5.74) is 0.753. The Hall–Kier alpha value is -1.75. The van der Waals surface area contributed by atoms with E-state index in [0.29, 0.717) is 5.69 Å². The molecule has 1 fully saturated rings. The summed E-state index contributed by atoms with van der Waals surface area (Å²) in [6, 6.07) is 5.44. The molecule has 1 unspecified atom stereocenters. The van der Waals surface area contributed by atoms with Crippen LogP contribution in [0.2, 0.25) is 0 Å². The maximum Gasteiger partial charge on any atom is 0.412 e. The van der Waals surface area contributed by atoms with E-state index in [4.69, 9.17) is 9.47 Å². The number of aliphatic hydroxyl groups is 1. The Morgan fingerprint density at radius 1 is 1.36 bits per heavy atom. The molecule has 1 aromatic carbocycles. The summed E-state index contributed by atoms with van der Waals surface area (Å²) in [5, 5.41) is 12.8. The number of methoxy groups -OCH3 is 1. The van der Waals surface area contributed by atoms with Gasteiger partial charge in [0.15, 0.2) is 0 Å². The van der Waals surface area contributed by atoms with Crippen LogP contribution in [0.1, 0.15) is 46.1 Å². The fourth-order valence-electron chi connectivity index (χ4n) is 2.64. The van der Waals surface area contributed by atoms with Gasteiger partial charge in [0.1, 0.15) is 11.4 Å². The molecule has 0 heterocycles. The van der Waals surface area contributed by atoms with Crippen molar-refractivity contribution in [3.8, 4) is 5.75 Å². The minimum absolute atomic E-state index is 0.267. The van der Waals surface area contributed by atoms with Crippen LogP contribution in [0.4, 0.5) is 10.5 Å². The lowest BCUT2D eigenvalue weighted by atomic mass is 9.89. The number of hydrogen-bond acceptors (Lipinski definition) is 4. The van der Waals surface area contributed by atoms with Gasteiger partial charge in [-0.05, 0) is 58.7 Å². The second kappa shape index (κ2) is 5.80. The van der Waals surface area contributed by atoms with Gasteiger partial charge in [-0.1, -0.05) is 0 Å². The Bertz CT molecular complexity index is 556. The zero-order valence-electron chi connectivity index (χ0n) is 13.9. The number of carbonyl (C=O) groups excluding carboxylic acids is 1.